The Hall–Kier alpha value is -0.520. The zero-order valence-electron chi connectivity index (χ0n) is 6.07. The Morgan fingerprint density at radius 3 is 1.78 bits per heavy atom. The molecule has 0 heteroatoms. The second kappa shape index (κ2) is 1.31. The Kier molecular flexibility index (Phi) is 0.769. The van der Waals surface area contributed by atoms with Crippen LogP contribution in [0.5, 0.6) is 0 Å². The molecule has 0 saturated heterocycles. The van der Waals surface area contributed by atoms with E-state index in [1.165, 1.54) is 12.8 Å². The Bertz CT molecular complexity index is 182. The van der Waals surface area contributed by atoms with Crippen LogP contribution >= 0.6 is 0 Å². The van der Waals surface area contributed by atoms with Crippen LogP contribution in [0.25, 0.3) is 0 Å². The minimum absolute atomic E-state index is 0.376. The van der Waals surface area contributed by atoms with Crippen molar-refractivity contribution in [2.45, 2.75) is 26.7 Å². The number of rotatable bonds is 0. The van der Waals surface area contributed by atoms with Crippen LogP contribution in [-0.2, 0) is 0 Å². The zero-order valence-corrected chi connectivity index (χ0v) is 6.07. The lowest BCUT2D eigenvalue weighted by Gasteiger charge is -2.16. The summed E-state index contributed by atoms with van der Waals surface area (Å²) in [6.45, 7) is 4.54. The number of hydrogen-bond donors (Lipinski definition) is 0. The molecule has 0 unspecified atom stereocenters. The van der Waals surface area contributed by atoms with E-state index in [4.69, 9.17) is 0 Å². The molecule has 2 rings (SSSR count). The molecule has 1 saturated carbocycles. The van der Waals surface area contributed by atoms with Gasteiger partial charge in [-0.3, -0.25) is 0 Å². The van der Waals surface area contributed by atoms with Gasteiger partial charge in [0.1, 0.15) is 0 Å². The smallest absolute Gasteiger partial charge is 0.00162 e. The average molecular weight is 120 g/mol. The highest BCUT2D eigenvalue weighted by Crippen LogP contribution is 2.44. The highest BCUT2D eigenvalue weighted by Gasteiger charge is 2.27. The van der Waals surface area contributed by atoms with Crippen LogP contribution in [0.4, 0.5) is 0 Å². The summed E-state index contributed by atoms with van der Waals surface area (Å²) in [5, 5.41) is 0. The van der Waals surface area contributed by atoms with Crippen LogP contribution in [0, 0.1) is 5.41 Å². The third-order valence-corrected chi connectivity index (χ3v) is 2.17. The SMILES string of the molecule is CC1(C)C=C2CCC2=C1. The van der Waals surface area contributed by atoms with Gasteiger partial charge in [-0.2, -0.15) is 0 Å². The van der Waals surface area contributed by atoms with Gasteiger partial charge < -0.3 is 0 Å². The summed E-state index contributed by atoms with van der Waals surface area (Å²) >= 11 is 0. The molecule has 0 amide bonds. The van der Waals surface area contributed by atoms with Crippen molar-refractivity contribution in [1.29, 1.82) is 0 Å². The summed E-state index contributed by atoms with van der Waals surface area (Å²) in [5.74, 6) is 0. The van der Waals surface area contributed by atoms with Crippen LogP contribution in [0.2, 0.25) is 0 Å². The van der Waals surface area contributed by atoms with Gasteiger partial charge in [-0.1, -0.05) is 26.0 Å². The van der Waals surface area contributed by atoms with Crippen molar-refractivity contribution in [3.8, 4) is 0 Å². The summed E-state index contributed by atoms with van der Waals surface area (Å²) in [6, 6.07) is 0. The Balaban J connectivity index is 2.41. The first kappa shape index (κ1) is 5.28. The third-order valence-electron chi connectivity index (χ3n) is 2.17. The lowest BCUT2D eigenvalue weighted by Crippen LogP contribution is -1.97. The molecular weight excluding hydrogens is 108 g/mol. The van der Waals surface area contributed by atoms with Gasteiger partial charge in [-0.15, -0.1) is 0 Å². The van der Waals surface area contributed by atoms with E-state index in [0.29, 0.717) is 5.41 Å². The molecule has 0 aromatic heterocycles. The van der Waals surface area contributed by atoms with Crippen molar-refractivity contribution in [3.05, 3.63) is 23.3 Å². The molecule has 0 aromatic carbocycles. The van der Waals surface area contributed by atoms with Crippen LogP contribution in [0.1, 0.15) is 26.7 Å². The fraction of sp³-hybridized carbons (Fsp3) is 0.556. The largest absolute Gasteiger partial charge is 0.0716 e. The zero-order chi connectivity index (χ0) is 6.48. The topological polar surface area (TPSA) is 0 Å². The highest BCUT2D eigenvalue weighted by atomic mass is 14.3. The summed E-state index contributed by atoms with van der Waals surface area (Å²) in [7, 11) is 0. The van der Waals surface area contributed by atoms with E-state index < -0.39 is 0 Å². The van der Waals surface area contributed by atoms with Gasteiger partial charge in [0.2, 0.25) is 0 Å². The summed E-state index contributed by atoms with van der Waals surface area (Å²) < 4.78 is 0. The van der Waals surface area contributed by atoms with E-state index in [2.05, 4.69) is 26.0 Å². The maximum Gasteiger partial charge on any atom is 0.00162 e. The van der Waals surface area contributed by atoms with Crippen molar-refractivity contribution in [2.24, 2.45) is 5.41 Å². The van der Waals surface area contributed by atoms with E-state index in [1.54, 1.807) is 11.1 Å². The first-order valence-electron chi connectivity index (χ1n) is 3.61. The van der Waals surface area contributed by atoms with Crippen LogP contribution in [-0.4, -0.2) is 0 Å². The van der Waals surface area contributed by atoms with E-state index in [0.717, 1.165) is 0 Å². The van der Waals surface area contributed by atoms with Gasteiger partial charge >= 0.3 is 0 Å². The number of fused-ring (bicyclic) bond motifs is 1. The normalized spacial score (nSPS) is 28.2. The van der Waals surface area contributed by atoms with Gasteiger partial charge in [-0.25, -0.2) is 0 Å². The fourth-order valence-corrected chi connectivity index (χ4v) is 1.68. The predicted molar refractivity (Wildman–Crippen MR) is 39.2 cm³/mol. The third kappa shape index (κ3) is 0.658. The van der Waals surface area contributed by atoms with Crippen LogP contribution in [0.15, 0.2) is 23.3 Å². The van der Waals surface area contributed by atoms with E-state index in [1.807, 2.05) is 0 Å². The van der Waals surface area contributed by atoms with Crippen molar-refractivity contribution in [1.82, 2.24) is 0 Å². The van der Waals surface area contributed by atoms with Crippen molar-refractivity contribution in [3.63, 3.8) is 0 Å². The highest BCUT2D eigenvalue weighted by molar-refractivity contribution is 5.47. The van der Waals surface area contributed by atoms with Gasteiger partial charge in [0, 0.05) is 5.41 Å². The minimum atomic E-state index is 0.376. The Labute approximate surface area is 56.3 Å². The first-order chi connectivity index (χ1) is 4.17. The van der Waals surface area contributed by atoms with E-state index >= 15 is 0 Å². The Morgan fingerprint density at radius 2 is 1.56 bits per heavy atom. The van der Waals surface area contributed by atoms with Crippen molar-refractivity contribution in [2.75, 3.05) is 0 Å². The summed E-state index contributed by atoms with van der Waals surface area (Å²) in [4.78, 5) is 0. The predicted octanol–water partition coefficient (Wildman–Crippen LogP) is 2.67. The summed E-state index contributed by atoms with van der Waals surface area (Å²) in [6.07, 6.45) is 7.45. The number of hydrogen-bond acceptors (Lipinski definition) is 0. The molecule has 0 atom stereocenters. The standard InChI is InChI=1S/C9H12/c1-9(2)5-7-3-4-8(7)6-9/h5-6H,3-4H2,1-2H3. The molecule has 2 aliphatic carbocycles. The molecule has 0 aliphatic heterocycles. The lowest BCUT2D eigenvalue weighted by atomic mass is 9.89. The fourth-order valence-electron chi connectivity index (χ4n) is 1.68. The molecule has 0 nitrogen and oxygen atoms in total. The average Bonchev–Trinajstić information content (AvgIpc) is 1.90. The first-order valence-corrected chi connectivity index (χ1v) is 3.61. The molecule has 1 fully saturated rings. The maximum absolute atomic E-state index is 2.39. The minimum Gasteiger partial charge on any atom is -0.0716 e. The monoisotopic (exact) mass is 120 g/mol. The second-order valence-corrected chi connectivity index (χ2v) is 3.66. The van der Waals surface area contributed by atoms with Gasteiger partial charge in [0.05, 0.1) is 0 Å². The van der Waals surface area contributed by atoms with Crippen molar-refractivity contribution >= 4 is 0 Å². The molecule has 0 aromatic rings. The quantitative estimate of drug-likeness (QED) is 0.461. The molecule has 0 bridgehead atoms. The lowest BCUT2D eigenvalue weighted by molar-refractivity contribution is 0.634. The van der Waals surface area contributed by atoms with Gasteiger partial charge in [0.25, 0.3) is 0 Å². The number of allylic oxidation sites excluding steroid dienone is 4. The van der Waals surface area contributed by atoms with E-state index in [-0.39, 0.29) is 0 Å². The maximum atomic E-state index is 2.39. The van der Waals surface area contributed by atoms with Gasteiger partial charge in [-0.05, 0) is 24.0 Å². The molecule has 0 radical (unpaired) electrons. The summed E-state index contributed by atoms with van der Waals surface area (Å²) in [5.41, 5.74) is 3.60. The molecule has 2 aliphatic rings. The molecule has 0 spiro atoms. The Morgan fingerprint density at radius 1 is 1.11 bits per heavy atom. The molecule has 0 N–H and O–H groups in total. The second-order valence-electron chi connectivity index (χ2n) is 3.66. The molecule has 9 heavy (non-hydrogen) atoms. The van der Waals surface area contributed by atoms with Crippen LogP contribution < -0.4 is 0 Å². The van der Waals surface area contributed by atoms with Crippen LogP contribution in [0.3, 0.4) is 0 Å². The molecule has 0 heterocycles. The van der Waals surface area contributed by atoms with E-state index in [9.17, 15) is 0 Å². The van der Waals surface area contributed by atoms with Crippen molar-refractivity contribution < 1.29 is 0 Å². The van der Waals surface area contributed by atoms with Gasteiger partial charge in [0.15, 0.2) is 0 Å². The molecule has 48 valence electrons. The molecular formula is C9H12.